The van der Waals surface area contributed by atoms with Crippen molar-refractivity contribution >= 4 is 11.8 Å². The molecule has 0 radical (unpaired) electrons. The maximum Gasteiger partial charge on any atom is 0.573 e. The number of benzene rings is 2. The Morgan fingerprint density at radius 3 is 2.38 bits per heavy atom. The summed E-state index contributed by atoms with van der Waals surface area (Å²) in [5.41, 5.74) is 1.86. The molecule has 0 bridgehead atoms. The lowest BCUT2D eigenvalue weighted by Gasteiger charge is -2.39. The number of alkyl halides is 3. The largest absolute Gasteiger partial charge is 0.573 e. The van der Waals surface area contributed by atoms with Crippen LogP contribution in [-0.2, 0) is 16.1 Å². The highest BCUT2D eigenvalue weighted by molar-refractivity contribution is 5.79. The molecule has 39 heavy (non-hydrogen) atoms. The van der Waals surface area contributed by atoms with Crippen LogP contribution in [0.2, 0.25) is 0 Å². The lowest BCUT2D eigenvalue weighted by atomic mass is 9.77. The van der Waals surface area contributed by atoms with Gasteiger partial charge in [0.1, 0.15) is 5.75 Å². The van der Waals surface area contributed by atoms with Crippen molar-refractivity contribution in [2.75, 3.05) is 26.2 Å². The van der Waals surface area contributed by atoms with Crippen LogP contribution < -0.4 is 10.1 Å². The van der Waals surface area contributed by atoms with Crippen LogP contribution in [0, 0.1) is 11.3 Å². The zero-order chi connectivity index (χ0) is 27.5. The minimum Gasteiger partial charge on any atom is -0.406 e. The van der Waals surface area contributed by atoms with Crippen LogP contribution in [0.25, 0.3) is 0 Å². The molecule has 2 saturated heterocycles. The van der Waals surface area contributed by atoms with E-state index < -0.39 is 6.36 Å². The minimum atomic E-state index is -4.72. The molecule has 3 fully saturated rings. The molecule has 1 spiro atoms. The van der Waals surface area contributed by atoms with E-state index in [1.165, 1.54) is 12.1 Å². The Kier molecular flexibility index (Phi) is 8.16. The summed E-state index contributed by atoms with van der Waals surface area (Å²) < 4.78 is 41.2. The standard InChI is InChI=1S/C30H36F3N3O3/c31-30(32,33)39-25-10-8-23(9-11-25)20-36-21-29(19-28(36)38)13-16-35(17-14-29)15-12-26(24-4-2-1-3-5-24)34-27(37)18-22-6-7-22/h1-5,8-11,22,26H,6-7,12-21H2,(H,34,37)/t26-/m0/s1. The Morgan fingerprint density at radius 2 is 1.74 bits per heavy atom. The highest BCUT2D eigenvalue weighted by Gasteiger charge is 2.44. The summed E-state index contributed by atoms with van der Waals surface area (Å²) in [4.78, 5) is 29.7. The first-order valence-corrected chi connectivity index (χ1v) is 13.9. The molecule has 2 amide bonds. The van der Waals surface area contributed by atoms with Crippen molar-refractivity contribution in [2.24, 2.45) is 11.3 Å². The van der Waals surface area contributed by atoms with Crippen LogP contribution in [-0.4, -0.2) is 54.2 Å². The number of carbonyl (C=O) groups is 2. The summed E-state index contributed by atoms with van der Waals surface area (Å²) in [5, 5.41) is 3.26. The fourth-order valence-corrected chi connectivity index (χ4v) is 5.89. The molecule has 2 heterocycles. The number of halogens is 3. The molecule has 9 heteroatoms. The second-order valence-electron chi connectivity index (χ2n) is 11.4. The molecule has 2 aromatic rings. The molecule has 1 saturated carbocycles. The summed E-state index contributed by atoms with van der Waals surface area (Å²) in [5.74, 6) is 0.522. The normalized spacial score (nSPS) is 20.3. The SMILES string of the molecule is O=C(CC1CC1)N[C@@H](CCN1CCC2(CC1)CC(=O)N(Cc1ccc(OC(F)(F)F)cc1)C2)c1ccccc1. The lowest BCUT2D eigenvalue weighted by molar-refractivity contribution is -0.274. The molecule has 5 rings (SSSR count). The molecule has 1 N–H and O–H groups in total. The van der Waals surface area contributed by atoms with E-state index in [0.717, 1.165) is 62.9 Å². The molecule has 3 aliphatic rings. The fraction of sp³-hybridized carbons (Fsp3) is 0.533. The summed E-state index contributed by atoms with van der Waals surface area (Å²) in [7, 11) is 0. The second-order valence-corrected chi connectivity index (χ2v) is 11.4. The third kappa shape index (κ3) is 7.75. The van der Waals surface area contributed by atoms with Gasteiger partial charge < -0.3 is 19.9 Å². The molecule has 0 aromatic heterocycles. The number of rotatable bonds is 10. The van der Waals surface area contributed by atoms with E-state index in [4.69, 9.17) is 0 Å². The number of nitrogens with one attached hydrogen (secondary N) is 1. The number of hydrogen-bond donors (Lipinski definition) is 1. The van der Waals surface area contributed by atoms with Crippen LogP contribution in [0.4, 0.5) is 13.2 Å². The van der Waals surface area contributed by atoms with Crippen molar-refractivity contribution in [2.45, 2.75) is 63.9 Å². The van der Waals surface area contributed by atoms with E-state index in [1.54, 1.807) is 12.1 Å². The molecule has 1 aliphatic carbocycles. The van der Waals surface area contributed by atoms with E-state index >= 15 is 0 Å². The van der Waals surface area contributed by atoms with Gasteiger partial charge in [0.2, 0.25) is 11.8 Å². The zero-order valence-corrected chi connectivity index (χ0v) is 22.1. The van der Waals surface area contributed by atoms with Crippen molar-refractivity contribution in [3.63, 3.8) is 0 Å². The summed E-state index contributed by atoms with van der Waals surface area (Å²) in [6.45, 7) is 3.74. The van der Waals surface area contributed by atoms with Crippen molar-refractivity contribution in [3.8, 4) is 5.75 Å². The van der Waals surface area contributed by atoms with Gasteiger partial charge in [-0.25, -0.2) is 0 Å². The fourth-order valence-electron chi connectivity index (χ4n) is 5.89. The molecular formula is C30H36F3N3O3. The monoisotopic (exact) mass is 543 g/mol. The first kappa shape index (κ1) is 27.5. The van der Waals surface area contributed by atoms with Crippen LogP contribution in [0.3, 0.4) is 0 Å². The van der Waals surface area contributed by atoms with Gasteiger partial charge in [0.15, 0.2) is 0 Å². The van der Waals surface area contributed by atoms with Gasteiger partial charge in [-0.2, -0.15) is 0 Å². The number of hydrogen-bond acceptors (Lipinski definition) is 4. The Hall–Kier alpha value is -3.07. The predicted molar refractivity (Wildman–Crippen MR) is 141 cm³/mol. The first-order valence-electron chi connectivity index (χ1n) is 13.9. The lowest BCUT2D eigenvalue weighted by Crippen LogP contribution is -2.42. The summed E-state index contributed by atoms with van der Waals surface area (Å²) in [6.07, 6.45) is 1.41. The van der Waals surface area contributed by atoms with Crippen molar-refractivity contribution in [3.05, 3.63) is 65.7 Å². The van der Waals surface area contributed by atoms with Gasteiger partial charge in [-0.1, -0.05) is 42.5 Å². The maximum absolute atomic E-state index is 12.8. The average Bonchev–Trinajstić information content (AvgIpc) is 3.66. The van der Waals surface area contributed by atoms with Gasteiger partial charge in [0, 0.05) is 32.5 Å². The maximum atomic E-state index is 12.8. The number of amides is 2. The minimum absolute atomic E-state index is 0.00944. The molecule has 210 valence electrons. The number of likely N-dealkylation sites (tertiary alicyclic amines) is 2. The van der Waals surface area contributed by atoms with Gasteiger partial charge >= 0.3 is 6.36 Å². The molecular weight excluding hydrogens is 507 g/mol. The van der Waals surface area contributed by atoms with Crippen LogP contribution >= 0.6 is 0 Å². The quantitative estimate of drug-likeness (QED) is 0.433. The highest BCUT2D eigenvalue weighted by atomic mass is 19.4. The molecule has 1 atom stereocenters. The number of nitrogens with zero attached hydrogens (tertiary/aromatic N) is 2. The second kappa shape index (κ2) is 11.6. The smallest absolute Gasteiger partial charge is 0.406 e. The number of carbonyl (C=O) groups excluding carboxylic acids is 2. The zero-order valence-electron chi connectivity index (χ0n) is 22.1. The summed E-state index contributed by atoms with van der Waals surface area (Å²) in [6, 6.07) is 15.9. The van der Waals surface area contributed by atoms with E-state index in [1.807, 2.05) is 23.1 Å². The van der Waals surface area contributed by atoms with E-state index in [9.17, 15) is 22.8 Å². The topological polar surface area (TPSA) is 61.9 Å². The molecule has 2 aromatic carbocycles. The Bertz CT molecular complexity index is 1130. The molecule has 0 unspecified atom stereocenters. The van der Waals surface area contributed by atoms with Crippen molar-refractivity contribution in [1.29, 1.82) is 0 Å². The van der Waals surface area contributed by atoms with Crippen LogP contribution in [0.1, 0.15) is 62.1 Å². The number of piperidine rings is 1. The highest BCUT2D eigenvalue weighted by Crippen LogP contribution is 2.42. The third-order valence-electron chi connectivity index (χ3n) is 8.29. The van der Waals surface area contributed by atoms with E-state index in [-0.39, 0.29) is 29.0 Å². The van der Waals surface area contributed by atoms with Crippen molar-refractivity contribution < 1.29 is 27.5 Å². The first-order chi connectivity index (χ1) is 18.7. The Balaban J connectivity index is 1.11. The van der Waals surface area contributed by atoms with Gasteiger partial charge in [-0.15, -0.1) is 13.2 Å². The summed E-state index contributed by atoms with van der Waals surface area (Å²) >= 11 is 0. The average molecular weight is 544 g/mol. The third-order valence-corrected chi connectivity index (χ3v) is 8.29. The van der Waals surface area contributed by atoms with E-state index in [2.05, 4.69) is 27.1 Å². The predicted octanol–water partition coefficient (Wildman–Crippen LogP) is 5.45. The van der Waals surface area contributed by atoms with Gasteiger partial charge in [-0.3, -0.25) is 9.59 Å². The van der Waals surface area contributed by atoms with Crippen LogP contribution in [0.15, 0.2) is 54.6 Å². The van der Waals surface area contributed by atoms with Gasteiger partial charge in [-0.05, 0) is 79.8 Å². The Labute approximate surface area is 227 Å². The molecule has 2 aliphatic heterocycles. The Morgan fingerprint density at radius 1 is 1.05 bits per heavy atom. The van der Waals surface area contributed by atoms with Gasteiger partial charge in [0.05, 0.1) is 6.04 Å². The van der Waals surface area contributed by atoms with Crippen molar-refractivity contribution in [1.82, 2.24) is 15.1 Å². The number of ether oxygens (including phenoxy) is 1. The van der Waals surface area contributed by atoms with Gasteiger partial charge in [0.25, 0.3) is 0 Å². The van der Waals surface area contributed by atoms with E-state index in [0.29, 0.717) is 31.8 Å². The van der Waals surface area contributed by atoms with Crippen LogP contribution in [0.5, 0.6) is 5.75 Å². The molecule has 6 nitrogen and oxygen atoms in total.